The van der Waals surface area contributed by atoms with E-state index in [4.69, 9.17) is 4.74 Å². The van der Waals surface area contributed by atoms with E-state index in [1.54, 1.807) is 36.8 Å². The standard InChI is InChI=1S/C26H22N2O5S/c1-33-18-7-8-20-19(13-18)16(14-27-20)9-10-28-23(15-4-2-5-17(29)12-15)22(25(31)26(28)32)24(30)21-6-3-11-34-21/h2-8,11-14,23,27,29,31H,9-10H2,1H3/t23-/m0/s1. The molecule has 172 valence electrons. The van der Waals surface area contributed by atoms with E-state index in [2.05, 4.69) is 4.98 Å². The van der Waals surface area contributed by atoms with E-state index in [0.717, 1.165) is 22.2 Å². The molecular weight excluding hydrogens is 452 g/mol. The number of nitrogens with one attached hydrogen (secondary N) is 1. The molecule has 0 unspecified atom stereocenters. The Bertz CT molecular complexity index is 1420. The van der Waals surface area contributed by atoms with Crippen molar-refractivity contribution in [3.8, 4) is 11.5 Å². The summed E-state index contributed by atoms with van der Waals surface area (Å²) in [5.74, 6) is -0.805. The lowest BCUT2D eigenvalue weighted by molar-refractivity contribution is -0.129. The van der Waals surface area contributed by atoms with Crippen LogP contribution in [0.3, 0.4) is 0 Å². The lowest BCUT2D eigenvalue weighted by atomic mass is 9.95. The van der Waals surface area contributed by atoms with Crippen LogP contribution in [0.15, 0.2) is 77.5 Å². The van der Waals surface area contributed by atoms with Gasteiger partial charge in [0.05, 0.1) is 23.6 Å². The number of phenols is 1. The van der Waals surface area contributed by atoms with E-state index in [0.29, 0.717) is 16.9 Å². The molecule has 0 spiro atoms. The monoisotopic (exact) mass is 474 g/mol. The number of hydrogen-bond acceptors (Lipinski definition) is 6. The number of ether oxygens (including phenoxy) is 1. The number of nitrogens with zero attached hydrogens (tertiary/aromatic N) is 1. The number of methoxy groups -OCH3 is 1. The summed E-state index contributed by atoms with van der Waals surface area (Å²) in [5.41, 5.74) is 2.51. The number of fused-ring (bicyclic) bond motifs is 1. The number of Topliss-reactive ketones (excluding diaryl/α,β-unsaturated/α-hetero) is 1. The van der Waals surface area contributed by atoms with Gasteiger partial charge in [0.25, 0.3) is 5.91 Å². The zero-order valence-corrected chi connectivity index (χ0v) is 19.1. The summed E-state index contributed by atoms with van der Waals surface area (Å²) in [6.07, 6.45) is 2.38. The number of carbonyl (C=O) groups excluding carboxylic acids is 2. The average molecular weight is 475 g/mol. The van der Waals surface area contributed by atoms with Crippen molar-refractivity contribution < 1.29 is 24.5 Å². The molecule has 0 radical (unpaired) electrons. The van der Waals surface area contributed by atoms with Crippen LogP contribution in [-0.4, -0.2) is 45.4 Å². The highest BCUT2D eigenvalue weighted by Crippen LogP contribution is 2.40. The molecule has 2 aromatic carbocycles. The zero-order chi connectivity index (χ0) is 23.8. The van der Waals surface area contributed by atoms with Crippen molar-refractivity contribution in [3.05, 3.63) is 93.5 Å². The number of ketones is 1. The molecule has 5 rings (SSSR count). The highest BCUT2D eigenvalue weighted by atomic mass is 32.1. The van der Waals surface area contributed by atoms with Crippen LogP contribution >= 0.6 is 11.3 Å². The maximum Gasteiger partial charge on any atom is 0.290 e. The van der Waals surface area contributed by atoms with E-state index >= 15 is 0 Å². The number of benzene rings is 2. The Kier molecular flexibility index (Phi) is 5.59. The molecule has 3 heterocycles. The van der Waals surface area contributed by atoms with Crippen LogP contribution in [0, 0.1) is 0 Å². The maximum atomic E-state index is 13.3. The minimum absolute atomic E-state index is 0.0166. The zero-order valence-electron chi connectivity index (χ0n) is 18.3. The molecule has 0 saturated heterocycles. The Hall–Kier alpha value is -4.04. The van der Waals surface area contributed by atoms with E-state index < -0.39 is 23.5 Å². The number of aliphatic hydroxyl groups excluding tert-OH is 1. The van der Waals surface area contributed by atoms with Crippen LogP contribution in [0.4, 0.5) is 0 Å². The largest absolute Gasteiger partial charge is 0.508 e. The number of carbonyl (C=O) groups is 2. The molecule has 0 aliphatic carbocycles. The van der Waals surface area contributed by atoms with Crippen LogP contribution in [0.25, 0.3) is 10.9 Å². The van der Waals surface area contributed by atoms with Gasteiger partial charge in [0.2, 0.25) is 5.78 Å². The second-order valence-corrected chi connectivity index (χ2v) is 8.99. The smallest absolute Gasteiger partial charge is 0.290 e. The molecule has 1 aliphatic rings. The van der Waals surface area contributed by atoms with Crippen molar-refractivity contribution >= 4 is 33.9 Å². The van der Waals surface area contributed by atoms with Gasteiger partial charge in [-0.25, -0.2) is 0 Å². The van der Waals surface area contributed by atoms with E-state index in [-0.39, 0.29) is 17.9 Å². The van der Waals surface area contributed by atoms with Crippen LogP contribution in [0.5, 0.6) is 11.5 Å². The quantitative estimate of drug-likeness (QED) is 0.335. The van der Waals surface area contributed by atoms with Crippen molar-refractivity contribution in [1.29, 1.82) is 0 Å². The number of H-pyrrole nitrogens is 1. The van der Waals surface area contributed by atoms with Gasteiger partial charge in [0.15, 0.2) is 5.76 Å². The van der Waals surface area contributed by atoms with Crippen molar-refractivity contribution in [2.24, 2.45) is 0 Å². The Morgan fingerprint density at radius 1 is 1.15 bits per heavy atom. The van der Waals surface area contributed by atoms with Crippen molar-refractivity contribution in [1.82, 2.24) is 9.88 Å². The first-order valence-corrected chi connectivity index (χ1v) is 11.6. The summed E-state index contributed by atoms with van der Waals surface area (Å²) in [5, 5.41) is 23.6. The van der Waals surface area contributed by atoms with Gasteiger partial charge in [-0.05, 0) is 59.3 Å². The molecule has 0 fully saturated rings. The van der Waals surface area contributed by atoms with Gasteiger partial charge in [-0.1, -0.05) is 18.2 Å². The summed E-state index contributed by atoms with van der Waals surface area (Å²) in [7, 11) is 1.61. The highest BCUT2D eigenvalue weighted by Gasteiger charge is 2.43. The Labute approximate surface area is 199 Å². The second-order valence-electron chi connectivity index (χ2n) is 8.04. The molecule has 1 aliphatic heterocycles. The van der Waals surface area contributed by atoms with Crippen LogP contribution in [0.2, 0.25) is 0 Å². The molecule has 1 amide bonds. The summed E-state index contributed by atoms with van der Waals surface area (Å²) in [6.45, 7) is 0.259. The fraction of sp³-hybridized carbons (Fsp3) is 0.154. The van der Waals surface area contributed by atoms with Gasteiger partial charge in [0.1, 0.15) is 11.5 Å². The minimum Gasteiger partial charge on any atom is -0.508 e. The number of phenolic OH excluding ortho intramolecular Hbond substituents is 1. The highest BCUT2D eigenvalue weighted by molar-refractivity contribution is 7.12. The Balaban J connectivity index is 1.51. The fourth-order valence-electron chi connectivity index (χ4n) is 4.43. The summed E-state index contributed by atoms with van der Waals surface area (Å²) in [6, 6.07) is 14.8. The maximum absolute atomic E-state index is 13.3. The molecule has 2 aromatic heterocycles. The van der Waals surface area contributed by atoms with Crippen molar-refractivity contribution in [2.75, 3.05) is 13.7 Å². The van der Waals surface area contributed by atoms with Gasteiger partial charge in [-0.3, -0.25) is 9.59 Å². The predicted molar refractivity (Wildman–Crippen MR) is 129 cm³/mol. The average Bonchev–Trinajstić information content (AvgIpc) is 3.57. The number of aromatic amines is 1. The van der Waals surface area contributed by atoms with Gasteiger partial charge in [-0.15, -0.1) is 11.3 Å². The van der Waals surface area contributed by atoms with Crippen molar-refractivity contribution in [3.63, 3.8) is 0 Å². The summed E-state index contributed by atoms with van der Waals surface area (Å²) >= 11 is 1.25. The number of hydrogen-bond donors (Lipinski definition) is 3. The summed E-state index contributed by atoms with van der Waals surface area (Å²) in [4.78, 5) is 31.6. The lowest BCUT2D eigenvalue weighted by Crippen LogP contribution is -2.33. The fourth-order valence-corrected chi connectivity index (χ4v) is 5.11. The number of aliphatic hydroxyl groups is 1. The van der Waals surface area contributed by atoms with E-state index in [1.807, 2.05) is 24.4 Å². The molecule has 34 heavy (non-hydrogen) atoms. The normalized spacial score (nSPS) is 16.0. The number of aromatic nitrogens is 1. The Morgan fingerprint density at radius 2 is 2.00 bits per heavy atom. The third-order valence-electron chi connectivity index (χ3n) is 6.08. The van der Waals surface area contributed by atoms with Crippen LogP contribution in [0.1, 0.15) is 26.8 Å². The van der Waals surface area contributed by atoms with E-state index in [9.17, 15) is 19.8 Å². The van der Waals surface area contributed by atoms with Crippen LogP contribution in [-0.2, 0) is 11.2 Å². The molecule has 3 N–H and O–H groups in total. The molecule has 8 heteroatoms. The van der Waals surface area contributed by atoms with Gasteiger partial charge in [0, 0.05) is 23.6 Å². The van der Waals surface area contributed by atoms with Crippen molar-refractivity contribution in [2.45, 2.75) is 12.5 Å². The van der Waals surface area contributed by atoms with Gasteiger partial charge < -0.3 is 24.8 Å². The SMILES string of the molecule is COc1ccc2[nH]cc(CCN3C(=O)C(O)=C(C(=O)c4cccs4)[C@@H]3c3cccc(O)c3)c2c1. The minimum atomic E-state index is -0.811. The lowest BCUT2D eigenvalue weighted by Gasteiger charge is -2.27. The first-order valence-electron chi connectivity index (χ1n) is 10.7. The number of rotatable bonds is 7. The molecule has 4 aromatic rings. The van der Waals surface area contributed by atoms with Gasteiger partial charge >= 0.3 is 0 Å². The van der Waals surface area contributed by atoms with Crippen LogP contribution < -0.4 is 4.74 Å². The molecule has 0 saturated carbocycles. The Morgan fingerprint density at radius 3 is 2.74 bits per heavy atom. The second kappa shape index (κ2) is 8.72. The first-order chi connectivity index (χ1) is 16.5. The van der Waals surface area contributed by atoms with Gasteiger partial charge in [-0.2, -0.15) is 0 Å². The first kappa shape index (κ1) is 21.8. The third-order valence-corrected chi connectivity index (χ3v) is 6.94. The molecule has 1 atom stereocenters. The summed E-state index contributed by atoms with van der Waals surface area (Å²) < 4.78 is 5.34. The number of aromatic hydroxyl groups is 1. The molecular formula is C26H22N2O5S. The predicted octanol–water partition coefficient (Wildman–Crippen LogP) is 4.76. The van der Waals surface area contributed by atoms with E-state index in [1.165, 1.54) is 28.4 Å². The topological polar surface area (TPSA) is 103 Å². The molecule has 0 bridgehead atoms. The number of thiophene rings is 1. The number of amides is 1. The molecule has 7 nitrogen and oxygen atoms in total. The third kappa shape index (κ3) is 3.72.